The fraction of sp³-hybridized carbons (Fsp3) is 0.292. The van der Waals surface area contributed by atoms with Gasteiger partial charge in [0, 0.05) is 30.5 Å². The normalized spacial score (nSPS) is 18.0. The van der Waals surface area contributed by atoms with Crippen LogP contribution in [0.25, 0.3) is 22.3 Å². The van der Waals surface area contributed by atoms with E-state index in [1.54, 1.807) is 0 Å². The highest BCUT2D eigenvalue weighted by Gasteiger charge is 2.18. The Bertz CT molecular complexity index is 840. The Morgan fingerprint density at radius 3 is 2.27 bits per heavy atom. The second-order valence-corrected chi connectivity index (χ2v) is 7.34. The highest BCUT2D eigenvalue weighted by Crippen LogP contribution is 2.26. The second kappa shape index (κ2) is 7.84. The van der Waals surface area contributed by atoms with E-state index in [-0.39, 0.29) is 0 Å². The maximum Gasteiger partial charge on any atom is 0.0346 e. The number of benzene rings is 2. The van der Waals surface area contributed by atoms with Crippen molar-refractivity contribution in [2.45, 2.75) is 38.8 Å². The zero-order chi connectivity index (χ0) is 17.8. The van der Waals surface area contributed by atoms with Gasteiger partial charge in [-0.25, -0.2) is 0 Å². The molecular weight excluding hydrogens is 316 g/mol. The number of pyridine rings is 1. The Balaban J connectivity index is 1.53. The zero-order valence-corrected chi connectivity index (χ0v) is 15.4. The highest BCUT2D eigenvalue weighted by atomic mass is 15.2. The molecule has 132 valence electrons. The van der Waals surface area contributed by atoms with Crippen molar-refractivity contribution in [1.82, 2.24) is 9.88 Å². The van der Waals surface area contributed by atoms with Crippen LogP contribution in [-0.4, -0.2) is 22.5 Å². The van der Waals surface area contributed by atoms with E-state index in [1.165, 1.54) is 53.6 Å². The Hall–Kier alpha value is -2.45. The van der Waals surface area contributed by atoms with E-state index in [2.05, 4.69) is 77.5 Å². The first-order valence-electron chi connectivity index (χ1n) is 9.63. The summed E-state index contributed by atoms with van der Waals surface area (Å²) in [5, 5.41) is 0. The molecule has 3 aromatic rings. The summed E-state index contributed by atoms with van der Waals surface area (Å²) in [5.74, 6) is 0. The Morgan fingerprint density at radius 2 is 1.54 bits per heavy atom. The van der Waals surface area contributed by atoms with E-state index in [9.17, 15) is 0 Å². The van der Waals surface area contributed by atoms with Crippen LogP contribution in [-0.2, 0) is 6.54 Å². The standard InChI is InChI=1S/C24H26N2/c1-19-7-5-6-14-26(19)18-20-15-24(17-25-16-20)23-12-10-22(11-13-23)21-8-3-2-4-9-21/h2-4,8-13,15-17,19H,5-7,14,18H2,1H3/t19-/m0/s1. The van der Waals surface area contributed by atoms with Crippen LogP contribution in [0.2, 0.25) is 0 Å². The van der Waals surface area contributed by atoms with Crippen LogP contribution in [0.3, 0.4) is 0 Å². The average molecular weight is 342 g/mol. The third-order valence-corrected chi connectivity index (χ3v) is 5.45. The van der Waals surface area contributed by atoms with Gasteiger partial charge in [-0.3, -0.25) is 9.88 Å². The van der Waals surface area contributed by atoms with Gasteiger partial charge >= 0.3 is 0 Å². The minimum absolute atomic E-state index is 0.678. The molecule has 0 aliphatic carbocycles. The number of piperidine rings is 1. The summed E-state index contributed by atoms with van der Waals surface area (Å²) in [6.07, 6.45) is 7.99. The van der Waals surface area contributed by atoms with Gasteiger partial charge in [-0.05, 0) is 54.6 Å². The summed E-state index contributed by atoms with van der Waals surface area (Å²) in [6.45, 7) is 4.56. The molecule has 1 aliphatic rings. The van der Waals surface area contributed by atoms with E-state index in [0.29, 0.717) is 6.04 Å². The molecule has 1 aromatic heterocycles. The van der Waals surface area contributed by atoms with Crippen molar-refractivity contribution in [3.8, 4) is 22.3 Å². The predicted molar refractivity (Wildman–Crippen MR) is 109 cm³/mol. The summed E-state index contributed by atoms with van der Waals surface area (Å²) in [5.41, 5.74) is 6.24. The Kier molecular flexibility index (Phi) is 5.12. The van der Waals surface area contributed by atoms with Crippen LogP contribution < -0.4 is 0 Å². The fourth-order valence-electron chi connectivity index (χ4n) is 3.84. The van der Waals surface area contributed by atoms with Crippen molar-refractivity contribution in [2.75, 3.05) is 6.54 Å². The first kappa shape index (κ1) is 17.0. The molecule has 4 rings (SSSR count). The molecule has 1 saturated heterocycles. The van der Waals surface area contributed by atoms with Crippen molar-refractivity contribution in [2.24, 2.45) is 0 Å². The third kappa shape index (κ3) is 3.86. The maximum atomic E-state index is 4.51. The molecule has 0 unspecified atom stereocenters. The van der Waals surface area contributed by atoms with Crippen LogP contribution in [0.15, 0.2) is 73.1 Å². The molecule has 0 spiro atoms. The van der Waals surface area contributed by atoms with Gasteiger partial charge in [-0.2, -0.15) is 0 Å². The Labute approximate surface area is 156 Å². The van der Waals surface area contributed by atoms with Gasteiger partial charge in [0.2, 0.25) is 0 Å². The molecule has 1 aliphatic heterocycles. The quantitative estimate of drug-likeness (QED) is 0.596. The summed E-state index contributed by atoms with van der Waals surface area (Å²) >= 11 is 0. The molecule has 0 bridgehead atoms. The minimum atomic E-state index is 0.678. The van der Waals surface area contributed by atoms with Crippen molar-refractivity contribution < 1.29 is 0 Å². The number of nitrogens with zero attached hydrogens (tertiary/aromatic N) is 2. The smallest absolute Gasteiger partial charge is 0.0346 e. The maximum absolute atomic E-state index is 4.51. The van der Waals surface area contributed by atoms with E-state index in [4.69, 9.17) is 0 Å². The van der Waals surface area contributed by atoms with Gasteiger partial charge in [-0.1, -0.05) is 61.0 Å². The molecule has 26 heavy (non-hydrogen) atoms. The fourth-order valence-corrected chi connectivity index (χ4v) is 3.84. The molecule has 2 aromatic carbocycles. The number of aromatic nitrogens is 1. The molecule has 0 radical (unpaired) electrons. The van der Waals surface area contributed by atoms with E-state index < -0.39 is 0 Å². The lowest BCUT2D eigenvalue weighted by Gasteiger charge is -2.33. The molecule has 0 N–H and O–H groups in total. The summed E-state index contributed by atoms with van der Waals surface area (Å²) in [7, 11) is 0. The van der Waals surface area contributed by atoms with Crippen LogP contribution >= 0.6 is 0 Å². The first-order valence-corrected chi connectivity index (χ1v) is 9.63. The number of hydrogen-bond acceptors (Lipinski definition) is 2. The van der Waals surface area contributed by atoms with Crippen LogP contribution in [0, 0.1) is 0 Å². The van der Waals surface area contributed by atoms with E-state index in [0.717, 1.165) is 6.54 Å². The monoisotopic (exact) mass is 342 g/mol. The predicted octanol–water partition coefficient (Wildman–Crippen LogP) is 5.79. The van der Waals surface area contributed by atoms with Crippen molar-refractivity contribution >= 4 is 0 Å². The summed E-state index contributed by atoms with van der Waals surface area (Å²) in [4.78, 5) is 7.09. The largest absolute Gasteiger partial charge is 0.296 e. The number of rotatable bonds is 4. The van der Waals surface area contributed by atoms with Gasteiger partial charge in [0.1, 0.15) is 0 Å². The zero-order valence-electron chi connectivity index (χ0n) is 15.4. The van der Waals surface area contributed by atoms with Crippen LogP contribution in [0.5, 0.6) is 0 Å². The molecular formula is C24H26N2. The molecule has 1 fully saturated rings. The van der Waals surface area contributed by atoms with Crippen molar-refractivity contribution in [3.05, 3.63) is 78.6 Å². The number of hydrogen-bond donors (Lipinski definition) is 0. The average Bonchev–Trinajstić information content (AvgIpc) is 2.71. The molecule has 2 heterocycles. The third-order valence-electron chi connectivity index (χ3n) is 5.45. The van der Waals surface area contributed by atoms with Gasteiger partial charge < -0.3 is 0 Å². The molecule has 2 nitrogen and oxygen atoms in total. The summed E-state index contributed by atoms with van der Waals surface area (Å²) in [6, 6.07) is 22.3. The van der Waals surface area contributed by atoms with Gasteiger partial charge in [0.25, 0.3) is 0 Å². The first-order chi connectivity index (χ1) is 12.8. The van der Waals surface area contributed by atoms with Gasteiger partial charge in [0.05, 0.1) is 0 Å². The highest BCUT2D eigenvalue weighted by molar-refractivity contribution is 5.70. The molecule has 2 heteroatoms. The van der Waals surface area contributed by atoms with E-state index >= 15 is 0 Å². The SMILES string of the molecule is C[C@H]1CCCCN1Cc1cncc(-c2ccc(-c3ccccc3)cc2)c1. The Morgan fingerprint density at radius 1 is 0.846 bits per heavy atom. The van der Waals surface area contributed by atoms with Crippen molar-refractivity contribution in [3.63, 3.8) is 0 Å². The number of likely N-dealkylation sites (tertiary alicyclic amines) is 1. The molecule has 1 atom stereocenters. The molecule has 0 saturated carbocycles. The lowest BCUT2D eigenvalue weighted by Crippen LogP contribution is -2.36. The summed E-state index contributed by atoms with van der Waals surface area (Å²) < 4.78 is 0. The minimum Gasteiger partial charge on any atom is -0.296 e. The van der Waals surface area contributed by atoms with Gasteiger partial charge in [0.15, 0.2) is 0 Å². The topological polar surface area (TPSA) is 16.1 Å². The molecule has 0 amide bonds. The lowest BCUT2D eigenvalue weighted by atomic mass is 10.00. The van der Waals surface area contributed by atoms with E-state index in [1.807, 2.05) is 12.4 Å². The van der Waals surface area contributed by atoms with Gasteiger partial charge in [-0.15, -0.1) is 0 Å². The van der Waals surface area contributed by atoms with Crippen LogP contribution in [0.4, 0.5) is 0 Å². The van der Waals surface area contributed by atoms with Crippen molar-refractivity contribution in [1.29, 1.82) is 0 Å². The second-order valence-electron chi connectivity index (χ2n) is 7.34. The lowest BCUT2D eigenvalue weighted by molar-refractivity contribution is 0.152. The van der Waals surface area contributed by atoms with Crippen LogP contribution in [0.1, 0.15) is 31.7 Å².